The molecule has 0 atom stereocenters. The molecule has 0 bridgehead atoms. The molecule has 0 amide bonds. The van der Waals surface area contributed by atoms with E-state index in [0.717, 1.165) is 67.5 Å². The average molecular weight is 485 g/mol. The fraction of sp³-hybridized carbons (Fsp3) is 0.429. The van der Waals surface area contributed by atoms with Gasteiger partial charge < -0.3 is 19.7 Å². The van der Waals surface area contributed by atoms with Crippen LogP contribution in [0.15, 0.2) is 43.0 Å². The molecule has 0 unspecified atom stereocenters. The Hall–Kier alpha value is -3.68. The molecule has 0 saturated carbocycles. The summed E-state index contributed by atoms with van der Waals surface area (Å²) >= 11 is 0. The molecule has 0 spiro atoms. The Kier molecular flexibility index (Phi) is 6.76. The first-order chi connectivity index (χ1) is 17.4. The molecule has 4 aromatic rings. The highest BCUT2D eigenvalue weighted by atomic mass is 15.3. The molecule has 8 nitrogen and oxygen atoms in total. The van der Waals surface area contributed by atoms with Crippen LogP contribution in [-0.4, -0.2) is 51.2 Å². The van der Waals surface area contributed by atoms with Crippen molar-refractivity contribution in [1.82, 2.24) is 24.5 Å². The number of hydrogen-bond acceptors (Lipinski definition) is 7. The van der Waals surface area contributed by atoms with Gasteiger partial charge in [0.15, 0.2) is 11.5 Å². The molecule has 1 aliphatic rings. The van der Waals surface area contributed by atoms with Gasteiger partial charge in [-0.25, -0.2) is 4.98 Å². The second-order valence-electron chi connectivity index (χ2n) is 9.98. The van der Waals surface area contributed by atoms with E-state index in [0.29, 0.717) is 5.92 Å². The quantitative estimate of drug-likeness (QED) is 0.394. The second-order valence-corrected chi connectivity index (χ2v) is 9.98. The number of fused-ring (bicyclic) bond motifs is 1. The molecule has 5 rings (SSSR count). The minimum absolute atomic E-state index is 0.670. The zero-order valence-electron chi connectivity index (χ0n) is 22.0. The monoisotopic (exact) mass is 484 g/mol. The van der Waals surface area contributed by atoms with Crippen molar-refractivity contribution in [3.8, 4) is 0 Å². The molecule has 188 valence electrons. The third-order valence-corrected chi connectivity index (χ3v) is 7.41. The number of aromatic nitrogens is 5. The van der Waals surface area contributed by atoms with Crippen molar-refractivity contribution >= 4 is 34.3 Å². The van der Waals surface area contributed by atoms with Crippen LogP contribution in [-0.2, 0) is 13.5 Å². The Labute approximate surface area is 213 Å². The maximum atomic E-state index is 5.04. The lowest BCUT2D eigenvalue weighted by molar-refractivity contribution is 0.401. The van der Waals surface area contributed by atoms with Gasteiger partial charge >= 0.3 is 0 Å². The molecule has 1 aromatic carbocycles. The van der Waals surface area contributed by atoms with E-state index in [1.165, 1.54) is 22.4 Å². The highest BCUT2D eigenvalue weighted by Crippen LogP contribution is 2.32. The van der Waals surface area contributed by atoms with Crippen LogP contribution in [0.1, 0.15) is 36.5 Å². The summed E-state index contributed by atoms with van der Waals surface area (Å²) in [5.74, 6) is 2.22. The first kappa shape index (κ1) is 24.0. The van der Waals surface area contributed by atoms with Crippen LogP contribution < -0.4 is 15.1 Å². The largest absolute Gasteiger partial charge is 0.375 e. The third-order valence-electron chi connectivity index (χ3n) is 7.41. The maximum absolute atomic E-state index is 5.04. The summed E-state index contributed by atoms with van der Waals surface area (Å²) in [5.41, 5.74) is 7.73. The molecule has 1 N–H and O–H groups in total. The molecular formula is C28H36N8. The normalized spacial score (nSPS) is 14.4. The number of imidazole rings is 1. The lowest BCUT2D eigenvalue weighted by Crippen LogP contribution is -2.35. The summed E-state index contributed by atoms with van der Waals surface area (Å²) in [5, 5.41) is 3.64. The van der Waals surface area contributed by atoms with Gasteiger partial charge in [0.1, 0.15) is 5.52 Å². The lowest BCUT2D eigenvalue weighted by atomic mass is 9.90. The molecule has 1 saturated heterocycles. The van der Waals surface area contributed by atoms with Gasteiger partial charge in [-0.2, -0.15) is 9.97 Å². The van der Waals surface area contributed by atoms with E-state index in [4.69, 9.17) is 9.97 Å². The third kappa shape index (κ3) is 4.85. The van der Waals surface area contributed by atoms with Crippen molar-refractivity contribution in [2.75, 3.05) is 41.8 Å². The van der Waals surface area contributed by atoms with Crippen molar-refractivity contribution in [3.05, 3.63) is 59.7 Å². The highest BCUT2D eigenvalue weighted by Gasteiger charge is 2.23. The molecular weight excluding hydrogens is 448 g/mol. The van der Waals surface area contributed by atoms with Gasteiger partial charge in [-0.15, -0.1) is 0 Å². The summed E-state index contributed by atoms with van der Waals surface area (Å²) in [4.78, 5) is 23.2. The van der Waals surface area contributed by atoms with E-state index in [-0.39, 0.29) is 0 Å². The van der Waals surface area contributed by atoms with Gasteiger partial charge in [-0.3, -0.25) is 4.98 Å². The fourth-order valence-corrected chi connectivity index (χ4v) is 5.15. The smallest absolute Gasteiger partial charge is 0.229 e. The number of aryl methyl sites for hydroxylation is 3. The first-order valence-electron chi connectivity index (χ1n) is 12.8. The van der Waals surface area contributed by atoms with Gasteiger partial charge in [-0.1, -0.05) is 6.07 Å². The minimum atomic E-state index is 0.670. The number of piperidine rings is 1. The first-order valence-corrected chi connectivity index (χ1v) is 12.8. The summed E-state index contributed by atoms with van der Waals surface area (Å²) in [6, 6.07) is 8.71. The zero-order valence-corrected chi connectivity index (χ0v) is 22.0. The summed E-state index contributed by atoms with van der Waals surface area (Å²) in [6.45, 7) is 9.32. The second kappa shape index (κ2) is 10.1. The summed E-state index contributed by atoms with van der Waals surface area (Å²) in [7, 11) is 4.12. The number of hydrogen-bond donors (Lipinski definition) is 1. The molecule has 0 radical (unpaired) electrons. The van der Waals surface area contributed by atoms with Crippen molar-refractivity contribution in [1.29, 1.82) is 0 Å². The van der Waals surface area contributed by atoms with Crippen molar-refractivity contribution in [2.24, 2.45) is 13.0 Å². The van der Waals surface area contributed by atoms with Crippen molar-refractivity contribution in [3.63, 3.8) is 0 Å². The number of anilines is 4. The van der Waals surface area contributed by atoms with E-state index in [9.17, 15) is 0 Å². The van der Waals surface area contributed by atoms with E-state index < -0.39 is 0 Å². The predicted octanol–water partition coefficient (Wildman–Crippen LogP) is 5.03. The van der Waals surface area contributed by atoms with Crippen molar-refractivity contribution < 1.29 is 0 Å². The Morgan fingerprint density at radius 2 is 1.81 bits per heavy atom. The number of nitrogens with zero attached hydrogens (tertiary/aromatic N) is 7. The van der Waals surface area contributed by atoms with E-state index in [2.05, 4.69) is 77.2 Å². The van der Waals surface area contributed by atoms with Crippen LogP contribution in [0.5, 0.6) is 0 Å². The van der Waals surface area contributed by atoms with Gasteiger partial charge in [-0.05, 0) is 80.8 Å². The Morgan fingerprint density at radius 1 is 1.06 bits per heavy atom. The zero-order chi connectivity index (χ0) is 25.2. The van der Waals surface area contributed by atoms with Crippen LogP contribution in [0, 0.1) is 19.8 Å². The lowest BCUT2D eigenvalue weighted by Gasteiger charge is -2.32. The van der Waals surface area contributed by atoms with Crippen LogP contribution >= 0.6 is 0 Å². The van der Waals surface area contributed by atoms with Crippen molar-refractivity contribution in [2.45, 2.75) is 40.0 Å². The number of benzene rings is 1. The van der Waals surface area contributed by atoms with Crippen LogP contribution in [0.4, 0.5) is 23.1 Å². The van der Waals surface area contributed by atoms with E-state index in [1.54, 1.807) is 0 Å². The molecule has 0 aliphatic carbocycles. The van der Waals surface area contributed by atoms with Crippen LogP contribution in [0.3, 0.4) is 0 Å². The number of pyridine rings is 1. The predicted molar refractivity (Wildman–Crippen MR) is 147 cm³/mol. The Balaban J connectivity index is 1.41. The molecule has 36 heavy (non-hydrogen) atoms. The highest BCUT2D eigenvalue weighted by molar-refractivity contribution is 5.87. The average Bonchev–Trinajstić information content (AvgIpc) is 3.27. The molecule has 1 fully saturated rings. The van der Waals surface area contributed by atoms with Gasteiger partial charge in [0, 0.05) is 57.5 Å². The summed E-state index contributed by atoms with van der Waals surface area (Å²) in [6.07, 6.45) is 8.93. The minimum Gasteiger partial charge on any atom is -0.375 e. The summed E-state index contributed by atoms with van der Waals surface area (Å²) < 4.78 is 1.99. The Morgan fingerprint density at radius 3 is 2.53 bits per heavy atom. The van der Waals surface area contributed by atoms with E-state index in [1.807, 2.05) is 30.3 Å². The fourth-order valence-electron chi connectivity index (χ4n) is 5.15. The van der Waals surface area contributed by atoms with E-state index >= 15 is 0 Å². The molecule has 4 heterocycles. The molecule has 3 aromatic heterocycles. The van der Waals surface area contributed by atoms with Gasteiger partial charge in [0.05, 0.1) is 6.33 Å². The topological polar surface area (TPSA) is 75.0 Å². The standard InChI is InChI=1S/C28H36N8/c1-6-34(4)24-17-23(19(2)15-20(24)3)31-27-25-26(30-18-35(25)5)32-28(33-27)36-13-9-22(10-14-36)16-21-7-11-29-12-8-21/h7-8,11-12,15,17-18,22H,6,9-10,13-14,16H2,1-5H3,(H,31,32,33). The number of rotatable bonds is 7. The number of nitrogens with one attached hydrogen (secondary N) is 1. The Bertz CT molecular complexity index is 1340. The van der Waals surface area contributed by atoms with Crippen LogP contribution in [0.25, 0.3) is 11.2 Å². The molecule has 1 aliphatic heterocycles. The SMILES string of the molecule is CCN(C)c1cc(Nc2nc(N3CCC(Cc4ccncc4)CC3)nc3ncn(C)c23)c(C)cc1C. The molecule has 8 heteroatoms. The van der Waals surface area contributed by atoms with Gasteiger partial charge in [0.25, 0.3) is 0 Å². The maximum Gasteiger partial charge on any atom is 0.229 e. The van der Waals surface area contributed by atoms with Gasteiger partial charge in [0.2, 0.25) is 5.95 Å². The van der Waals surface area contributed by atoms with Crippen LogP contribution in [0.2, 0.25) is 0 Å².